The van der Waals surface area contributed by atoms with Crippen LogP contribution in [0.4, 0.5) is 4.79 Å². The Labute approximate surface area is 147 Å². The van der Waals surface area contributed by atoms with Crippen molar-refractivity contribution in [2.75, 3.05) is 32.8 Å². The zero-order chi connectivity index (χ0) is 17.2. The number of ether oxygens (including phenoxy) is 1. The first kappa shape index (κ1) is 18.0. The summed E-state index contributed by atoms with van der Waals surface area (Å²) in [6.07, 6.45) is 7.58. The number of carbonyl (C=O) groups excluding carboxylic acids is 1. The molecule has 3 atom stereocenters. The molecular weight excluding hydrogens is 302 g/mol. The summed E-state index contributed by atoms with van der Waals surface area (Å²) in [7, 11) is 0. The molecule has 0 bridgehead atoms. The molecular formula is C19H35N3O2. The average molecular weight is 338 g/mol. The molecule has 24 heavy (non-hydrogen) atoms. The van der Waals surface area contributed by atoms with E-state index in [1.807, 2.05) is 4.90 Å². The van der Waals surface area contributed by atoms with Crippen molar-refractivity contribution in [1.29, 1.82) is 0 Å². The van der Waals surface area contributed by atoms with Crippen LogP contribution in [-0.2, 0) is 4.74 Å². The molecule has 0 spiro atoms. The Morgan fingerprint density at radius 1 is 1.29 bits per heavy atom. The number of likely N-dealkylation sites (tertiary alicyclic amines) is 1. The van der Waals surface area contributed by atoms with E-state index < -0.39 is 0 Å². The molecule has 2 amide bonds. The Kier molecular flexibility index (Phi) is 5.70. The molecule has 0 radical (unpaired) electrons. The Morgan fingerprint density at radius 3 is 2.75 bits per heavy atom. The van der Waals surface area contributed by atoms with Gasteiger partial charge < -0.3 is 19.9 Å². The predicted molar refractivity (Wildman–Crippen MR) is 96.2 cm³/mol. The fourth-order valence-corrected chi connectivity index (χ4v) is 4.25. The molecule has 0 unspecified atom stereocenters. The second-order valence-corrected chi connectivity index (χ2v) is 8.29. The summed E-state index contributed by atoms with van der Waals surface area (Å²) in [5.74, 6) is 0.585. The van der Waals surface area contributed by atoms with E-state index in [2.05, 4.69) is 31.0 Å². The predicted octanol–water partition coefficient (Wildman–Crippen LogP) is 2.85. The van der Waals surface area contributed by atoms with E-state index in [-0.39, 0.29) is 17.7 Å². The van der Waals surface area contributed by atoms with Gasteiger partial charge in [-0.05, 0) is 58.4 Å². The van der Waals surface area contributed by atoms with Crippen LogP contribution in [-0.4, -0.2) is 66.3 Å². The van der Waals surface area contributed by atoms with Gasteiger partial charge in [-0.2, -0.15) is 0 Å². The third-order valence-electron chi connectivity index (χ3n) is 6.51. The number of carbonyl (C=O) groups is 1. The molecule has 138 valence electrons. The standard InChI is InChI=1S/C19H35N3O2/c1-4-19(3)14-22(11-12-24-19)18(23)20-15(2)16-7-6-10-21(13-16)17-8-5-9-17/h15-17H,4-14H2,1-3H3,(H,20,23)/t15-,16+,19+/m0/s1. The van der Waals surface area contributed by atoms with Gasteiger partial charge in [0.2, 0.25) is 0 Å². The third-order valence-corrected chi connectivity index (χ3v) is 6.51. The van der Waals surface area contributed by atoms with Crippen molar-refractivity contribution < 1.29 is 9.53 Å². The summed E-state index contributed by atoms with van der Waals surface area (Å²) in [6.45, 7) is 10.9. The molecule has 2 heterocycles. The molecule has 2 aliphatic heterocycles. The highest BCUT2D eigenvalue weighted by Gasteiger charge is 2.35. The van der Waals surface area contributed by atoms with Crippen molar-refractivity contribution in [3.8, 4) is 0 Å². The van der Waals surface area contributed by atoms with Gasteiger partial charge in [0.15, 0.2) is 0 Å². The quantitative estimate of drug-likeness (QED) is 0.858. The van der Waals surface area contributed by atoms with Crippen LogP contribution < -0.4 is 5.32 Å². The minimum atomic E-state index is -0.190. The van der Waals surface area contributed by atoms with Crippen LogP contribution in [0.3, 0.4) is 0 Å². The lowest BCUT2D eigenvalue weighted by Crippen LogP contribution is -2.57. The molecule has 1 saturated carbocycles. The van der Waals surface area contributed by atoms with Crippen molar-refractivity contribution in [3.05, 3.63) is 0 Å². The summed E-state index contributed by atoms with van der Waals surface area (Å²) < 4.78 is 5.85. The number of hydrogen-bond acceptors (Lipinski definition) is 3. The summed E-state index contributed by atoms with van der Waals surface area (Å²) >= 11 is 0. The van der Waals surface area contributed by atoms with E-state index in [1.54, 1.807) is 0 Å². The van der Waals surface area contributed by atoms with E-state index in [0.29, 0.717) is 25.6 Å². The molecule has 0 aromatic carbocycles. The highest BCUT2D eigenvalue weighted by atomic mass is 16.5. The SMILES string of the molecule is CC[C@]1(C)CN(C(=O)N[C@@H](C)[C@@H]2CCCN(C3CCC3)C2)CCO1. The first-order valence-electron chi connectivity index (χ1n) is 9.94. The number of morpholine rings is 1. The summed E-state index contributed by atoms with van der Waals surface area (Å²) in [5, 5.41) is 3.28. The van der Waals surface area contributed by atoms with E-state index in [4.69, 9.17) is 4.74 Å². The van der Waals surface area contributed by atoms with Crippen LogP contribution in [0.15, 0.2) is 0 Å². The highest BCUT2D eigenvalue weighted by Crippen LogP contribution is 2.30. The van der Waals surface area contributed by atoms with E-state index in [9.17, 15) is 4.79 Å². The number of urea groups is 1. The van der Waals surface area contributed by atoms with Gasteiger partial charge >= 0.3 is 6.03 Å². The van der Waals surface area contributed by atoms with Gasteiger partial charge in [0, 0.05) is 25.2 Å². The zero-order valence-corrected chi connectivity index (χ0v) is 15.7. The molecule has 3 aliphatic rings. The van der Waals surface area contributed by atoms with E-state index >= 15 is 0 Å². The number of amides is 2. The van der Waals surface area contributed by atoms with Crippen molar-refractivity contribution in [2.24, 2.45) is 5.92 Å². The van der Waals surface area contributed by atoms with Crippen molar-refractivity contribution in [1.82, 2.24) is 15.1 Å². The Morgan fingerprint density at radius 2 is 2.08 bits per heavy atom. The largest absolute Gasteiger partial charge is 0.372 e. The molecule has 5 heteroatoms. The van der Waals surface area contributed by atoms with Crippen LogP contribution >= 0.6 is 0 Å². The van der Waals surface area contributed by atoms with E-state index in [1.165, 1.54) is 38.6 Å². The molecule has 0 aromatic heterocycles. The first-order valence-corrected chi connectivity index (χ1v) is 9.94. The minimum absolute atomic E-state index is 0.0891. The van der Waals surface area contributed by atoms with Gasteiger partial charge in [-0.3, -0.25) is 0 Å². The van der Waals surface area contributed by atoms with Crippen molar-refractivity contribution in [3.63, 3.8) is 0 Å². The third kappa shape index (κ3) is 4.05. The summed E-state index contributed by atoms with van der Waals surface area (Å²) in [4.78, 5) is 17.3. The topological polar surface area (TPSA) is 44.8 Å². The lowest BCUT2D eigenvalue weighted by atomic mass is 9.85. The lowest BCUT2D eigenvalue weighted by molar-refractivity contribution is -0.0876. The highest BCUT2D eigenvalue weighted by molar-refractivity contribution is 5.74. The maximum absolute atomic E-state index is 12.7. The van der Waals surface area contributed by atoms with Gasteiger partial charge in [-0.15, -0.1) is 0 Å². The Balaban J connectivity index is 1.50. The second-order valence-electron chi connectivity index (χ2n) is 8.29. The first-order chi connectivity index (χ1) is 11.5. The second kappa shape index (κ2) is 7.61. The molecule has 1 N–H and O–H groups in total. The summed E-state index contributed by atoms with van der Waals surface area (Å²) in [5.41, 5.74) is -0.190. The van der Waals surface area contributed by atoms with Crippen molar-refractivity contribution in [2.45, 2.75) is 77.0 Å². The smallest absolute Gasteiger partial charge is 0.317 e. The molecule has 0 aromatic rings. The van der Waals surface area contributed by atoms with Gasteiger partial charge in [0.25, 0.3) is 0 Å². The van der Waals surface area contributed by atoms with Crippen LogP contribution in [0.5, 0.6) is 0 Å². The molecule has 3 rings (SSSR count). The van der Waals surface area contributed by atoms with Crippen LogP contribution in [0.25, 0.3) is 0 Å². The van der Waals surface area contributed by atoms with Gasteiger partial charge in [0.05, 0.1) is 18.8 Å². The molecule has 2 saturated heterocycles. The average Bonchev–Trinajstić information content (AvgIpc) is 2.53. The lowest BCUT2D eigenvalue weighted by Gasteiger charge is -2.44. The summed E-state index contributed by atoms with van der Waals surface area (Å²) in [6, 6.07) is 1.16. The maximum atomic E-state index is 12.7. The Hall–Kier alpha value is -0.810. The van der Waals surface area contributed by atoms with E-state index in [0.717, 1.165) is 19.0 Å². The van der Waals surface area contributed by atoms with Gasteiger partial charge in [-0.1, -0.05) is 13.3 Å². The van der Waals surface area contributed by atoms with Crippen LogP contribution in [0.2, 0.25) is 0 Å². The maximum Gasteiger partial charge on any atom is 0.317 e. The van der Waals surface area contributed by atoms with Gasteiger partial charge in [-0.25, -0.2) is 4.79 Å². The number of hydrogen-bond donors (Lipinski definition) is 1. The molecule has 1 aliphatic carbocycles. The number of nitrogens with one attached hydrogen (secondary N) is 1. The number of rotatable bonds is 4. The van der Waals surface area contributed by atoms with Crippen LogP contribution in [0, 0.1) is 5.92 Å². The number of nitrogens with zero attached hydrogens (tertiary/aromatic N) is 2. The molecule has 3 fully saturated rings. The van der Waals surface area contributed by atoms with Crippen molar-refractivity contribution >= 4 is 6.03 Å². The Bertz CT molecular complexity index is 440. The number of piperidine rings is 1. The fraction of sp³-hybridized carbons (Fsp3) is 0.947. The molecule has 5 nitrogen and oxygen atoms in total. The zero-order valence-electron chi connectivity index (χ0n) is 15.7. The van der Waals surface area contributed by atoms with Crippen LogP contribution in [0.1, 0.15) is 59.3 Å². The normalized spacial score (nSPS) is 33.8. The monoisotopic (exact) mass is 337 g/mol. The fourth-order valence-electron chi connectivity index (χ4n) is 4.25. The minimum Gasteiger partial charge on any atom is -0.372 e. The van der Waals surface area contributed by atoms with Gasteiger partial charge in [0.1, 0.15) is 0 Å².